The van der Waals surface area contributed by atoms with Gasteiger partial charge in [0.2, 0.25) is 11.8 Å². The molecule has 5 heteroatoms. The van der Waals surface area contributed by atoms with Crippen LogP contribution in [0.25, 0.3) is 0 Å². The highest BCUT2D eigenvalue weighted by Gasteiger charge is 2.46. The van der Waals surface area contributed by atoms with Gasteiger partial charge in [0.1, 0.15) is 5.92 Å². The third-order valence-corrected chi connectivity index (χ3v) is 5.62. The van der Waals surface area contributed by atoms with Gasteiger partial charge in [0, 0.05) is 6.54 Å². The molecule has 0 aromatic rings. The minimum absolute atomic E-state index is 0.120. The number of hydrogen-bond donors (Lipinski definition) is 1. The van der Waals surface area contributed by atoms with Crippen LogP contribution in [0.4, 0.5) is 4.79 Å². The van der Waals surface area contributed by atoms with Crippen LogP contribution in [-0.4, -0.2) is 29.3 Å². The molecule has 0 radical (unpaired) electrons. The topological polar surface area (TPSA) is 66.5 Å². The molecule has 0 bridgehead atoms. The second-order valence-corrected chi connectivity index (χ2v) is 6.93. The summed E-state index contributed by atoms with van der Waals surface area (Å²) in [6, 6.07) is -0.515. The summed E-state index contributed by atoms with van der Waals surface area (Å²) in [6.07, 6.45) is 7.40. The van der Waals surface area contributed by atoms with Gasteiger partial charge in [-0.3, -0.25) is 19.8 Å². The molecule has 1 heterocycles. The van der Waals surface area contributed by atoms with Crippen LogP contribution in [0.15, 0.2) is 0 Å². The molecule has 2 aliphatic carbocycles. The highest BCUT2D eigenvalue weighted by Crippen LogP contribution is 2.36. The minimum Gasteiger partial charge on any atom is -0.277 e. The molecule has 21 heavy (non-hydrogen) atoms. The summed E-state index contributed by atoms with van der Waals surface area (Å²) in [5.74, 6) is -0.219. The Bertz CT molecular complexity index is 456. The summed E-state index contributed by atoms with van der Waals surface area (Å²) in [7, 11) is 0. The van der Waals surface area contributed by atoms with E-state index in [0.29, 0.717) is 18.4 Å². The molecule has 0 aromatic carbocycles. The monoisotopic (exact) mass is 292 g/mol. The van der Waals surface area contributed by atoms with E-state index in [2.05, 4.69) is 12.2 Å². The van der Waals surface area contributed by atoms with E-state index < -0.39 is 11.9 Å². The number of amides is 4. The number of urea groups is 1. The standard InChI is InChI=1S/C16H24N2O3/c1-10-5-4-8-12(10)9-18-15(20)13(11-6-2-3-7-11)14(19)17-16(18)21/h10-13H,2-9H2,1H3,(H,17,19,21). The molecule has 4 amide bonds. The van der Waals surface area contributed by atoms with Crippen LogP contribution in [0.1, 0.15) is 51.9 Å². The molecule has 3 rings (SSSR count). The lowest BCUT2D eigenvalue weighted by Gasteiger charge is -2.34. The van der Waals surface area contributed by atoms with Crippen LogP contribution >= 0.6 is 0 Å². The van der Waals surface area contributed by atoms with Crippen LogP contribution < -0.4 is 5.32 Å². The Hall–Kier alpha value is -1.39. The average Bonchev–Trinajstić information content (AvgIpc) is 3.07. The number of nitrogens with zero attached hydrogens (tertiary/aromatic N) is 1. The van der Waals surface area contributed by atoms with Crippen LogP contribution in [-0.2, 0) is 9.59 Å². The first-order valence-corrected chi connectivity index (χ1v) is 8.24. The zero-order valence-electron chi connectivity index (χ0n) is 12.6. The first-order chi connectivity index (χ1) is 10.1. The first-order valence-electron chi connectivity index (χ1n) is 8.24. The van der Waals surface area contributed by atoms with Crippen LogP contribution in [0.5, 0.6) is 0 Å². The van der Waals surface area contributed by atoms with Crippen molar-refractivity contribution in [3.05, 3.63) is 0 Å². The van der Waals surface area contributed by atoms with E-state index in [1.54, 1.807) is 0 Å². The first kappa shape index (κ1) is 14.5. The molecule has 1 saturated heterocycles. The number of carbonyl (C=O) groups excluding carboxylic acids is 3. The number of nitrogens with one attached hydrogen (secondary N) is 1. The van der Waals surface area contributed by atoms with Gasteiger partial charge in [-0.2, -0.15) is 0 Å². The zero-order valence-corrected chi connectivity index (χ0v) is 12.6. The van der Waals surface area contributed by atoms with Crippen LogP contribution in [0.2, 0.25) is 0 Å². The third kappa shape index (κ3) is 2.70. The van der Waals surface area contributed by atoms with E-state index in [-0.39, 0.29) is 17.7 Å². The van der Waals surface area contributed by atoms with Gasteiger partial charge in [-0.25, -0.2) is 4.79 Å². The molecule has 3 fully saturated rings. The Labute approximate surface area is 125 Å². The predicted molar refractivity (Wildman–Crippen MR) is 77.2 cm³/mol. The molecule has 5 nitrogen and oxygen atoms in total. The summed E-state index contributed by atoms with van der Waals surface area (Å²) >= 11 is 0. The maximum atomic E-state index is 12.7. The van der Waals surface area contributed by atoms with Crippen molar-refractivity contribution in [2.75, 3.05) is 6.54 Å². The molecule has 3 unspecified atom stereocenters. The second kappa shape index (κ2) is 5.78. The van der Waals surface area contributed by atoms with Crippen molar-refractivity contribution in [3.8, 4) is 0 Å². The molecule has 0 aromatic heterocycles. The van der Waals surface area contributed by atoms with Gasteiger partial charge in [-0.05, 0) is 37.0 Å². The summed E-state index contributed by atoms with van der Waals surface area (Å²) in [6.45, 7) is 2.66. The van der Waals surface area contributed by atoms with Gasteiger partial charge in [-0.15, -0.1) is 0 Å². The maximum Gasteiger partial charge on any atom is 0.330 e. The number of rotatable bonds is 3. The van der Waals surface area contributed by atoms with Gasteiger partial charge >= 0.3 is 6.03 Å². The zero-order chi connectivity index (χ0) is 15.0. The lowest BCUT2D eigenvalue weighted by molar-refractivity contribution is -0.145. The van der Waals surface area contributed by atoms with Crippen molar-refractivity contribution in [1.29, 1.82) is 0 Å². The lowest BCUT2D eigenvalue weighted by atomic mass is 9.87. The molecule has 2 saturated carbocycles. The van der Waals surface area contributed by atoms with E-state index >= 15 is 0 Å². The largest absolute Gasteiger partial charge is 0.330 e. The normalized spacial score (nSPS) is 34.6. The Balaban J connectivity index is 1.74. The van der Waals surface area contributed by atoms with Crippen molar-refractivity contribution >= 4 is 17.8 Å². The third-order valence-electron chi connectivity index (χ3n) is 5.62. The van der Waals surface area contributed by atoms with Gasteiger partial charge in [0.05, 0.1) is 0 Å². The molecule has 116 valence electrons. The van der Waals surface area contributed by atoms with Crippen LogP contribution in [0.3, 0.4) is 0 Å². The quantitative estimate of drug-likeness (QED) is 0.812. The Kier molecular flexibility index (Phi) is 4.00. The van der Waals surface area contributed by atoms with Crippen molar-refractivity contribution in [2.45, 2.75) is 51.9 Å². The van der Waals surface area contributed by atoms with Crippen LogP contribution in [0, 0.1) is 23.7 Å². The average molecular weight is 292 g/mol. The van der Waals surface area contributed by atoms with Crippen molar-refractivity contribution < 1.29 is 14.4 Å². The highest BCUT2D eigenvalue weighted by atomic mass is 16.2. The fourth-order valence-electron chi connectivity index (χ4n) is 4.24. The van der Waals surface area contributed by atoms with Gasteiger partial charge < -0.3 is 0 Å². The van der Waals surface area contributed by atoms with Gasteiger partial charge in [-0.1, -0.05) is 32.6 Å². The van der Waals surface area contributed by atoms with E-state index in [1.807, 2.05) is 0 Å². The molecular formula is C16H24N2O3. The summed E-state index contributed by atoms with van der Waals surface area (Å²) in [5, 5.41) is 2.40. The predicted octanol–water partition coefficient (Wildman–Crippen LogP) is 2.31. The second-order valence-electron chi connectivity index (χ2n) is 6.93. The van der Waals surface area contributed by atoms with Crippen molar-refractivity contribution in [1.82, 2.24) is 10.2 Å². The van der Waals surface area contributed by atoms with E-state index in [4.69, 9.17) is 0 Å². The van der Waals surface area contributed by atoms with E-state index in [0.717, 1.165) is 32.1 Å². The molecule has 1 aliphatic heterocycles. The minimum atomic E-state index is -0.637. The van der Waals surface area contributed by atoms with Gasteiger partial charge in [0.15, 0.2) is 0 Å². The molecule has 0 spiro atoms. The Morgan fingerprint density at radius 2 is 1.76 bits per heavy atom. The number of carbonyl (C=O) groups is 3. The fourth-order valence-corrected chi connectivity index (χ4v) is 4.24. The summed E-state index contributed by atoms with van der Waals surface area (Å²) in [5.41, 5.74) is 0. The fraction of sp³-hybridized carbons (Fsp3) is 0.812. The van der Waals surface area contributed by atoms with E-state index in [1.165, 1.54) is 17.7 Å². The number of hydrogen-bond acceptors (Lipinski definition) is 3. The maximum absolute atomic E-state index is 12.7. The SMILES string of the molecule is CC1CCCC1CN1C(=O)NC(=O)C(C2CCCC2)C1=O. The van der Waals surface area contributed by atoms with Crippen molar-refractivity contribution in [2.24, 2.45) is 23.7 Å². The summed E-state index contributed by atoms with van der Waals surface area (Å²) in [4.78, 5) is 38.1. The Morgan fingerprint density at radius 1 is 1.05 bits per heavy atom. The number of imide groups is 2. The highest BCUT2D eigenvalue weighted by molar-refractivity contribution is 6.16. The molecule has 3 atom stereocenters. The lowest BCUT2D eigenvalue weighted by Crippen LogP contribution is -2.60. The molecule has 3 aliphatic rings. The van der Waals surface area contributed by atoms with Crippen molar-refractivity contribution in [3.63, 3.8) is 0 Å². The van der Waals surface area contributed by atoms with E-state index in [9.17, 15) is 14.4 Å². The molecular weight excluding hydrogens is 268 g/mol. The summed E-state index contributed by atoms with van der Waals surface area (Å²) < 4.78 is 0. The number of barbiturate groups is 1. The van der Waals surface area contributed by atoms with Gasteiger partial charge in [0.25, 0.3) is 0 Å². The molecule has 1 N–H and O–H groups in total. The Morgan fingerprint density at radius 3 is 2.38 bits per heavy atom. The smallest absolute Gasteiger partial charge is 0.277 e.